The van der Waals surface area contributed by atoms with Gasteiger partial charge in [0.2, 0.25) is 0 Å². The molecule has 4 aromatic carbocycles. The van der Waals surface area contributed by atoms with Crippen LogP contribution in [-0.4, -0.2) is 23.9 Å². The quantitative estimate of drug-likeness (QED) is 0.208. The average molecular weight is 519 g/mol. The molecule has 184 valence electrons. The van der Waals surface area contributed by atoms with Crippen LogP contribution in [-0.2, 0) is 6.42 Å². The minimum Gasteiger partial charge on any atom is -0.383 e. The maximum Gasteiger partial charge on any atom is 0.0638 e. The first-order chi connectivity index (χ1) is 18.4. The minimum absolute atomic E-state index is 0.415. The normalized spacial score (nSPS) is 11.1. The third-order valence-electron chi connectivity index (χ3n) is 6.38. The highest BCUT2D eigenvalue weighted by Gasteiger charge is 2.16. The summed E-state index contributed by atoms with van der Waals surface area (Å²) < 4.78 is 0. The molecule has 5 rings (SSSR count). The first kappa shape index (κ1) is 25.3. The van der Waals surface area contributed by atoms with Gasteiger partial charge in [-0.1, -0.05) is 121 Å². The molecule has 0 aliphatic carbocycles. The summed E-state index contributed by atoms with van der Waals surface area (Å²) in [7, 11) is -0.851. The first-order valence-electron chi connectivity index (χ1n) is 12.8. The summed E-state index contributed by atoms with van der Waals surface area (Å²) in [4.78, 5) is 4.81. The molecule has 1 N–H and O–H groups in total. The van der Waals surface area contributed by atoms with E-state index in [0.717, 1.165) is 36.7 Å². The zero-order chi connectivity index (χ0) is 25.1. The molecule has 0 unspecified atom stereocenters. The number of nitrogens with one attached hydrogen (secondary N) is 1. The van der Waals surface area contributed by atoms with Crippen molar-refractivity contribution < 1.29 is 0 Å². The molecule has 5 aromatic rings. The molecular weight excluding hydrogens is 486 g/mol. The fourth-order valence-corrected chi connectivity index (χ4v) is 9.09. The lowest BCUT2D eigenvalue weighted by atomic mass is 10.2. The fraction of sp³-hybridized carbons (Fsp3) is 0.121. The van der Waals surface area contributed by atoms with E-state index in [1.54, 1.807) is 0 Å². The van der Waals surface area contributed by atoms with Gasteiger partial charge in [-0.25, -0.2) is 0 Å². The van der Waals surface area contributed by atoms with Gasteiger partial charge < -0.3 is 5.32 Å². The van der Waals surface area contributed by atoms with Crippen molar-refractivity contribution >= 4 is 42.7 Å². The predicted molar refractivity (Wildman–Crippen MR) is 164 cm³/mol. The summed E-state index contributed by atoms with van der Waals surface area (Å²) >= 11 is 0. The van der Waals surface area contributed by atoms with E-state index in [-0.39, 0.29) is 0 Å². The van der Waals surface area contributed by atoms with Crippen LogP contribution >= 0.6 is 15.8 Å². The van der Waals surface area contributed by atoms with E-state index in [9.17, 15) is 0 Å². The molecule has 0 spiro atoms. The summed E-state index contributed by atoms with van der Waals surface area (Å²) in [5.74, 6) is 0. The molecule has 37 heavy (non-hydrogen) atoms. The maximum atomic E-state index is 4.81. The van der Waals surface area contributed by atoms with Gasteiger partial charge in [-0.05, 0) is 67.9 Å². The Hall–Kier alpha value is -3.31. The first-order valence-corrected chi connectivity index (χ1v) is 15.9. The Morgan fingerprint density at radius 3 is 1.38 bits per heavy atom. The Bertz CT molecular complexity index is 1270. The molecule has 0 atom stereocenters. The zero-order valence-electron chi connectivity index (χ0n) is 20.9. The van der Waals surface area contributed by atoms with Crippen LogP contribution in [0, 0.1) is 0 Å². The second kappa shape index (κ2) is 13.3. The molecule has 2 nitrogen and oxygen atoms in total. The number of benzene rings is 4. The molecule has 1 aromatic heterocycles. The fourth-order valence-electron chi connectivity index (χ4n) is 4.56. The van der Waals surface area contributed by atoms with Gasteiger partial charge >= 0.3 is 0 Å². The Balaban J connectivity index is 1.29. The van der Waals surface area contributed by atoms with Crippen molar-refractivity contribution in [3.8, 4) is 0 Å². The van der Waals surface area contributed by atoms with Gasteiger partial charge in [0.15, 0.2) is 0 Å². The molecule has 1 heterocycles. The van der Waals surface area contributed by atoms with Crippen LogP contribution in [0.4, 0.5) is 5.69 Å². The summed E-state index contributed by atoms with van der Waals surface area (Å²) in [6, 6.07) is 48.0. The average Bonchev–Trinajstić information content (AvgIpc) is 2.98. The summed E-state index contributed by atoms with van der Waals surface area (Å²) in [6.07, 6.45) is 5.04. The highest BCUT2D eigenvalue weighted by atomic mass is 31.1. The number of anilines is 1. The van der Waals surface area contributed by atoms with Crippen LogP contribution in [0.1, 0.15) is 5.69 Å². The molecule has 0 radical (unpaired) electrons. The lowest BCUT2D eigenvalue weighted by Crippen LogP contribution is -2.19. The minimum atomic E-state index is -0.435. The van der Waals surface area contributed by atoms with Gasteiger partial charge in [0.05, 0.1) is 11.4 Å². The smallest absolute Gasteiger partial charge is 0.0638 e. The standard InChI is InChI=1S/C33H32N2P2/c1-5-14-28(15-6-1)36(29-16-7-2-8-17-29)26-23-33-32(22-13-24-34-33)35-25-27-37(30-18-9-3-10-19-30)31-20-11-4-12-21-31/h1-22,24,35H,23,25-27H2. The van der Waals surface area contributed by atoms with Crippen molar-refractivity contribution in [3.63, 3.8) is 0 Å². The molecule has 4 heteroatoms. The van der Waals surface area contributed by atoms with Crippen LogP contribution in [0.2, 0.25) is 0 Å². The summed E-state index contributed by atoms with van der Waals surface area (Å²) in [5.41, 5.74) is 2.32. The second-order valence-corrected chi connectivity index (χ2v) is 13.5. The van der Waals surface area contributed by atoms with Gasteiger partial charge in [0.1, 0.15) is 0 Å². The van der Waals surface area contributed by atoms with Crippen LogP contribution < -0.4 is 26.5 Å². The molecule has 0 aliphatic rings. The van der Waals surface area contributed by atoms with Crippen molar-refractivity contribution in [2.45, 2.75) is 6.42 Å². The van der Waals surface area contributed by atoms with E-state index in [4.69, 9.17) is 4.98 Å². The van der Waals surface area contributed by atoms with E-state index in [1.165, 1.54) is 21.2 Å². The van der Waals surface area contributed by atoms with Gasteiger partial charge in [-0.2, -0.15) is 0 Å². The second-order valence-electron chi connectivity index (χ2n) is 8.82. The van der Waals surface area contributed by atoms with Crippen molar-refractivity contribution in [3.05, 3.63) is 145 Å². The van der Waals surface area contributed by atoms with Crippen LogP contribution in [0.15, 0.2) is 140 Å². The van der Waals surface area contributed by atoms with Crippen molar-refractivity contribution in [2.75, 3.05) is 24.2 Å². The van der Waals surface area contributed by atoms with Crippen LogP contribution in [0.5, 0.6) is 0 Å². The SMILES string of the molecule is c1ccc(P(CCNc2cccnc2CCP(c2ccccc2)c2ccccc2)c2ccccc2)cc1. The molecule has 0 bridgehead atoms. The predicted octanol–water partition coefficient (Wildman–Crippen LogP) is 6.30. The third-order valence-corrected chi connectivity index (χ3v) is 11.4. The molecule has 0 saturated carbocycles. The van der Waals surface area contributed by atoms with E-state index in [1.807, 2.05) is 12.3 Å². The molecule has 0 amide bonds. The number of nitrogens with zero attached hydrogens (tertiary/aromatic N) is 1. The zero-order valence-corrected chi connectivity index (χ0v) is 22.7. The summed E-state index contributed by atoms with van der Waals surface area (Å²) in [6.45, 7) is 0.917. The Morgan fingerprint density at radius 2 is 0.919 bits per heavy atom. The monoisotopic (exact) mass is 518 g/mol. The van der Waals surface area contributed by atoms with E-state index >= 15 is 0 Å². The largest absolute Gasteiger partial charge is 0.383 e. The maximum absolute atomic E-state index is 4.81. The number of hydrogen-bond acceptors (Lipinski definition) is 2. The van der Waals surface area contributed by atoms with E-state index in [0.29, 0.717) is 0 Å². The highest BCUT2D eigenvalue weighted by Crippen LogP contribution is 2.35. The number of aromatic nitrogens is 1. The topological polar surface area (TPSA) is 24.9 Å². The highest BCUT2D eigenvalue weighted by molar-refractivity contribution is 7.73. The van der Waals surface area contributed by atoms with Gasteiger partial charge in [-0.15, -0.1) is 0 Å². The molecular formula is C33H32N2P2. The van der Waals surface area contributed by atoms with E-state index < -0.39 is 15.8 Å². The molecule has 0 aliphatic heterocycles. The number of rotatable bonds is 11. The Morgan fingerprint density at radius 1 is 0.486 bits per heavy atom. The molecule has 0 saturated heterocycles. The molecule has 0 fully saturated rings. The Labute approximate surface area is 223 Å². The van der Waals surface area contributed by atoms with Crippen molar-refractivity contribution in [1.29, 1.82) is 0 Å². The summed E-state index contributed by atoms with van der Waals surface area (Å²) in [5, 5.41) is 9.44. The van der Waals surface area contributed by atoms with Gasteiger partial charge in [0, 0.05) is 12.7 Å². The number of pyridine rings is 1. The third kappa shape index (κ3) is 6.92. The van der Waals surface area contributed by atoms with Crippen molar-refractivity contribution in [1.82, 2.24) is 4.98 Å². The number of hydrogen-bond donors (Lipinski definition) is 1. The van der Waals surface area contributed by atoms with Crippen molar-refractivity contribution in [2.24, 2.45) is 0 Å². The van der Waals surface area contributed by atoms with Crippen LogP contribution in [0.25, 0.3) is 0 Å². The lowest BCUT2D eigenvalue weighted by Gasteiger charge is -2.21. The number of aryl methyl sites for hydroxylation is 1. The lowest BCUT2D eigenvalue weighted by molar-refractivity contribution is 1.03. The Kier molecular flexibility index (Phi) is 9.11. The van der Waals surface area contributed by atoms with Gasteiger partial charge in [0.25, 0.3) is 0 Å². The van der Waals surface area contributed by atoms with Crippen LogP contribution in [0.3, 0.4) is 0 Å². The van der Waals surface area contributed by atoms with E-state index in [2.05, 4.69) is 133 Å². The van der Waals surface area contributed by atoms with Gasteiger partial charge in [-0.3, -0.25) is 4.98 Å².